The number of carbonyl (C=O) groups is 1. The summed E-state index contributed by atoms with van der Waals surface area (Å²) in [6.45, 7) is 0. The first-order valence-corrected chi connectivity index (χ1v) is 12.5. The number of thiazole rings is 1. The van der Waals surface area contributed by atoms with Gasteiger partial charge in [-0.05, 0) is 47.5 Å². The lowest BCUT2D eigenvalue weighted by Gasteiger charge is -2.05. The molecule has 4 rings (SSSR count). The molecule has 0 saturated carbocycles. The topological polar surface area (TPSA) is 76.1 Å². The van der Waals surface area contributed by atoms with Crippen LogP contribution >= 0.6 is 22.9 Å². The van der Waals surface area contributed by atoms with E-state index < -0.39 is 9.84 Å². The van der Waals surface area contributed by atoms with E-state index in [0.717, 1.165) is 22.0 Å². The zero-order valence-corrected chi connectivity index (χ0v) is 18.8. The second-order valence-corrected chi connectivity index (χ2v) is 10.4. The minimum atomic E-state index is -3.45. The van der Waals surface area contributed by atoms with Crippen LogP contribution in [0.1, 0.15) is 12.8 Å². The predicted octanol–water partition coefficient (Wildman–Crippen LogP) is 5.81. The van der Waals surface area contributed by atoms with Gasteiger partial charge in [0.05, 0.1) is 16.3 Å². The van der Waals surface area contributed by atoms with Crippen LogP contribution in [0.2, 0.25) is 5.02 Å². The molecule has 0 saturated heterocycles. The van der Waals surface area contributed by atoms with Crippen LogP contribution in [0.3, 0.4) is 0 Å². The Hall–Kier alpha value is -2.74. The molecule has 0 bridgehead atoms. The standard InChI is InChI=1S/C23H19ClN2O3S2/c24-19-9-11-20(12-10-19)31(28,29)13-3-6-22(27)26-23-25-21(15-30-23)18-8-7-16-4-1-2-5-17(16)14-18/h1-2,4-5,7-12,14-15H,3,6,13H2,(H,25,26,27). The van der Waals surface area contributed by atoms with E-state index >= 15 is 0 Å². The molecule has 0 aliphatic heterocycles. The van der Waals surface area contributed by atoms with Crippen molar-refractivity contribution in [3.8, 4) is 11.3 Å². The normalized spacial score (nSPS) is 11.5. The van der Waals surface area contributed by atoms with Crippen LogP contribution in [0.25, 0.3) is 22.0 Å². The number of fused-ring (bicyclic) bond motifs is 1. The molecule has 8 heteroatoms. The van der Waals surface area contributed by atoms with Crippen LogP contribution in [-0.2, 0) is 14.6 Å². The molecular formula is C23H19ClN2O3S2. The van der Waals surface area contributed by atoms with Gasteiger partial charge in [0.1, 0.15) is 0 Å². The lowest BCUT2D eigenvalue weighted by molar-refractivity contribution is -0.116. The number of rotatable bonds is 7. The number of nitrogens with one attached hydrogen (secondary N) is 1. The molecule has 1 N–H and O–H groups in total. The second-order valence-electron chi connectivity index (χ2n) is 7.02. The Morgan fingerprint density at radius 1 is 1.00 bits per heavy atom. The van der Waals surface area contributed by atoms with E-state index in [1.54, 1.807) is 0 Å². The minimum absolute atomic E-state index is 0.0949. The molecule has 3 aromatic carbocycles. The van der Waals surface area contributed by atoms with E-state index in [1.807, 2.05) is 35.7 Å². The van der Waals surface area contributed by atoms with Gasteiger partial charge in [0, 0.05) is 22.4 Å². The van der Waals surface area contributed by atoms with Gasteiger partial charge in [-0.1, -0.05) is 48.0 Å². The molecule has 5 nitrogen and oxygen atoms in total. The van der Waals surface area contributed by atoms with Gasteiger partial charge >= 0.3 is 0 Å². The molecule has 0 spiro atoms. The summed E-state index contributed by atoms with van der Waals surface area (Å²) in [4.78, 5) is 16.9. The van der Waals surface area contributed by atoms with Crippen molar-refractivity contribution in [2.75, 3.05) is 11.1 Å². The quantitative estimate of drug-likeness (QED) is 0.370. The van der Waals surface area contributed by atoms with Gasteiger partial charge in [0.25, 0.3) is 0 Å². The fourth-order valence-electron chi connectivity index (χ4n) is 3.18. The molecule has 158 valence electrons. The van der Waals surface area contributed by atoms with Crippen LogP contribution in [-0.4, -0.2) is 25.1 Å². The van der Waals surface area contributed by atoms with E-state index in [2.05, 4.69) is 22.4 Å². The fraction of sp³-hybridized carbons (Fsp3) is 0.130. The van der Waals surface area contributed by atoms with Crippen LogP contribution in [0.4, 0.5) is 5.13 Å². The maximum absolute atomic E-state index is 12.4. The zero-order valence-electron chi connectivity index (χ0n) is 16.4. The molecule has 0 aliphatic carbocycles. The number of hydrogen-bond donors (Lipinski definition) is 1. The summed E-state index contributed by atoms with van der Waals surface area (Å²) < 4.78 is 24.7. The third-order valence-corrected chi connectivity index (χ3v) is 7.61. The SMILES string of the molecule is O=C(CCCS(=O)(=O)c1ccc(Cl)cc1)Nc1nc(-c2ccc3ccccc3c2)cs1. The Labute approximate surface area is 189 Å². The summed E-state index contributed by atoms with van der Waals surface area (Å²) in [5.41, 5.74) is 1.76. The number of nitrogens with zero attached hydrogens (tertiary/aromatic N) is 1. The van der Waals surface area contributed by atoms with Crippen molar-refractivity contribution in [1.29, 1.82) is 0 Å². The van der Waals surface area contributed by atoms with E-state index in [9.17, 15) is 13.2 Å². The van der Waals surface area contributed by atoms with Crippen LogP contribution in [0.5, 0.6) is 0 Å². The number of sulfone groups is 1. The number of anilines is 1. The monoisotopic (exact) mass is 470 g/mol. The Bertz CT molecular complexity index is 1330. The van der Waals surface area contributed by atoms with Gasteiger partial charge < -0.3 is 5.32 Å². The lowest BCUT2D eigenvalue weighted by atomic mass is 10.1. The summed E-state index contributed by atoms with van der Waals surface area (Å²) >= 11 is 7.14. The molecular weight excluding hydrogens is 452 g/mol. The maximum Gasteiger partial charge on any atom is 0.226 e. The number of benzene rings is 3. The van der Waals surface area contributed by atoms with Gasteiger partial charge in [-0.15, -0.1) is 11.3 Å². The largest absolute Gasteiger partial charge is 0.302 e. The molecule has 0 unspecified atom stereocenters. The van der Waals surface area contributed by atoms with E-state index in [1.165, 1.54) is 35.6 Å². The number of amides is 1. The molecule has 31 heavy (non-hydrogen) atoms. The second kappa shape index (κ2) is 9.18. The molecule has 0 atom stereocenters. The van der Waals surface area contributed by atoms with Crippen molar-refractivity contribution in [3.63, 3.8) is 0 Å². The van der Waals surface area contributed by atoms with Crippen LogP contribution in [0, 0.1) is 0 Å². The van der Waals surface area contributed by atoms with E-state index in [-0.39, 0.29) is 29.4 Å². The number of halogens is 1. The summed E-state index contributed by atoms with van der Waals surface area (Å²) in [6.07, 6.45) is 0.317. The van der Waals surface area contributed by atoms with Crippen LogP contribution in [0.15, 0.2) is 77.0 Å². The first kappa shape index (κ1) is 21.5. The molecule has 4 aromatic rings. The van der Waals surface area contributed by atoms with Crippen molar-refractivity contribution in [3.05, 3.63) is 77.1 Å². The van der Waals surface area contributed by atoms with Crippen molar-refractivity contribution < 1.29 is 13.2 Å². The van der Waals surface area contributed by atoms with Crippen LogP contribution < -0.4 is 5.32 Å². The summed E-state index contributed by atoms with van der Waals surface area (Å²) in [5.74, 6) is -0.367. The van der Waals surface area contributed by atoms with Crippen molar-refractivity contribution in [2.24, 2.45) is 0 Å². The fourth-order valence-corrected chi connectivity index (χ4v) is 5.35. The first-order chi connectivity index (χ1) is 14.9. The minimum Gasteiger partial charge on any atom is -0.302 e. The molecule has 0 fully saturated rings. The Kier molecular flexibility index (Phi) is 6.36. The van der Waals surface area contributed by atoms with Crippen molar-refractivity contribution in [2.45, 2.75) is 17.7 Å². The smallest absolute Gasteiger partial charge is 0.226 e. The predicted molar refractivity (Wildman–Crippen MR) is 126 cm³/mol. The molecule has 1 amide bonds. The van der Waals surface area contributed by atoms with E-state index in [4.69, 9.17) is 11.6 Å². The van der Waals surface area contributed by atoms with Crippen molar-refractivity contribution in [1.82, 2.24) is 4.98 Å². The Morgan fingerprint density at radius 3 is 2.52 bits per heavy atom. The summed E-state index contributed by atoms with van der Waals surface area (Å²) in [6, 6.07) is 20.2. The first-order valence-electron chi connectivity index (χ1n) is 9.64. The lowest BCUT2D eigenvalue weighted by Crippen LogP contribution is -2.14. The number of aromatic nitrogens is 1. The van der Waals surface area contributed by atoms with Gasteiger partial charge in [-0.2, -0.15) is 0 Å². The zero-order chi connectivity index (χ0) is 21.8. The average molecular weight is 471 g/mol. The maximum atomic E-state index is 12.4. The summed E-state index contributed by atoms with van der Waals surface area (Å²) in [5, 5.41) is 7.90. The molecule has 1 aromatic heterocycles. The third-order valence-electron chi connectivity index (χ3n) is 4.79. The number of hydrogen-bond acceptors (Lipinski definition) is 5. The summed E-state index contributed by atoms with van der Waals surface area (Å²) in [7, 11) is -3.45. The highest BCUT2D eigenvalue weighted by Gasteiger charge is 2.15. The molecule has 0 radical (unpaired) electrons. The third kappa shape index (κ3) is 5.31. The van der Waals surface area contributed by atoms with Gasteiger partial charge in [-0.25, -0.2) is 13.4 Å². The highest BCUT2D eigenvalue weighted by Crippen LogP contribution is 2.28. The Balaban J connectivity index is 1.34. The number of carbonyl (C=O) groups excluding carboxylic acids is 1. The van der Waals surface area contributed by atoms with Gasteiger partial charge in [-0.3, -0.25) is 4.79 Å². The highest BCUT2D eigenvalue weighted by molar-refractivity contribution is 7.91. The van der Waals surface area contributed by atoms with E-state index in [0.29, 0.717) is 10.2 Å². The highest BCUT2D eigenvalue weighted by atomic mass is 35.5. The Morgan fingerprint density at radius 2 is 1.74 bits per heavy atom. The average Bonchev–Trinajstić information content (AvgIpc) is 3.22. The van der Waals surface area contributed by atoms with Crippen molar-refractivity contribution >= 4 is 54.6 Å². The molecule has 1 heterocycles. The van der Waals surface area contributed by atoms with Gasteiger partial charge in [0.15, 0.2) is 15.0 Å². The molecule has 0 aliphatic rings. The van der Waals surface area contributed by atoms with Gasteiger partial charge in [0.2, 0.25) is 5.91 Å².